The molecule has 15 heavy (non-hydrogen) atoms. The number of carbonyl (C=O) groups excluding carboxylic acids is 1. The van der Waals surface area contributed by atoms with Crippen molar-refractivity contribution in [2.24, 2.45) is 5.41 Å². The van der Waals surface area contributed by atoms with Crippen LogP contribution in [0, 0.1) is 5.41 Å². The third-order valence-corrected chi connectivity index (χ3v) is 3.63. The largest absolute Gasteiger partial charge is 0.326 e. The lowest BCUT2D eigenvalue weighted by Gasteiger charge is -2.40. The minimum Gasteiger partial charge on any atom is -0.326 e. The van der Waals surface area contributed by atoms with Crippen LogP contribution < -0.4 is 0 Å². The Morgan fingerprint density at radius 2 is 2.20 bits per heavy atom. The van der Waals surface area contributed by atoms with E-state index in [2.05, 4.69) is 11.4 Å². The summed E-state index contributed by atoms with van der Waals surface area (Å²) < 4.78 is 14.9. The summed E-state index contributed by atoms with van der Waals surface area (Å²) in [6.07, 6.45) is 5.94. The Morgan fingerprint density at radius 3 is 2.60 bits per heavy atom. The lowest BCUT2D eigenvalue weighted by molar-refractivity contribution is -0.136. The lowest BCUT2D eigenvalue weighted by Crippen LogP contribution is -2.39. The molecule has 0 aromatic rings. The van der Waals surface area contributed by atoms with E-state index in [1.807, 2.05) is 0 Å². The summed E-state index contributed by atoms with van der Waals surface area (Å²) in [5.74, 6) is 0.00889. The molecule has 1 aliphatic carbocycles. The Bertz CT molecular complexity index is 248. The highest BCUT2D eigenvalue weighted by Gasteiger charge is 2.42. The second-order valence-corrected chi connectivity index (χ2v) is 5.04. The van der Waals surface area contributed by atoms with E-state index in [0.29, 0.717) is 0 Å². The van der Waals surface area contributed by atoms with Crippen LogP contribution in [0.5, 0.6) is 0 Å². The van der Waals surface area contributed by atoms with Crippen LogP contribution >= 0.6 is 8.25 Å². The van der Waals surface area contributed by atoms with Gasteiger partial charge < -0.3 is 9.42 Å². The number of ketones is 1. The Morgan fingerprint density at radius 1 is 1.53 bits per heavy atom. The Labute approximate surface area is 91.0 Å². The standard InChI is InChI=1S/C10H19O4P/c1-2-3-5-10(6-4-7-10)9(11)8-14-15(12)13/h15H,2-8H2,1H3,(H,12,13). The summed E-state index contributed by atoms with van der Waals surface area (Å²) in [6.45, 7) is 1.90. The van der Waals surface area contributed by atoms with E-state index in [1.165, 1.54) is 0 Å². The molecule has 0 aromatic heterocycles. The van der Waals surface area contributed by atoms with Gasteiger partial charge in [0.25, 0.3) is 0 Å². The number of hydrogen-bond donors (Lipinski definition) is 1. The fourth-order valence-electron chi connectivity index (χ4n) is 2.07. The van der Waals surface area contributed by atoms with E-state index < -0.39 is 8.25 Å². The SMILES string of the molecule is CCCCC1(C(=O)CO[PH](=O)O)CCC1. The van der Waals surface area contributed by atoms with Gasteiger partial charge in [0.15, 0.2) is 5.78 Å². The molecule has 0 aliphatic heterocycles. The summed E-state index contributed by atoms with van der Waals surface area (Å²) in [6, 6.07) is 0. The molecular formula is C10H19O4P. The molecule has 1 saturated carbocycles. The molecule has 1 atom stereocenters. The summed E-state index contributed by atoms with van der Waals surface area (Å²) in [7, 11) is -2.96. The van der Waals surface area contributed by atoms with Gasteiger partial charge in [0.2, 0.25) is 0 Å². The molecule has 5 heteroatoms. The highest BCUT2D eigenvalue weighted by Crippen LogP contribution is 2.46. The molecule has 1 fully saturated rings. The predicted octanol–water partition coefficient (Wildman–Crippen LogP) is 2.31. The average Bonchev–Trinajstić information content (AvgIpc) is 2.13. The first-order valence-electron chi connectivity index (χ1n) is 5.50. The topological polar surface area (TPSA) is 63.6 Å². The fraction of sp³-hybridized carbons (Fsp3) is 0.900. The third-order valence-electron chi connectivity index (χ3n) is 3.24. The maximum absolute atomic E-state index is 11.8. The van der Waals surface area contributed by atoms with Gasteiger partial charge >= 0.3 is 8.25 Å². The summed E-state index contributed by atoms with van der Waals surface area (Å²) >= 11 is 0. The van der Waals surface area contributed by atoms with Crippen molar-refractivity contribution in [2.75, 3.05) is 6.61 Å². The zero-order valence-corrected chi connectivity index (χ0v) is 10.1. The molecule has 0 spiro atoms. The second kappa shape index (κ2) is 5.78. The van der Waals surface area contributed by atoms with Gasteiger partial charge in [-0.2, -0.15) is 0 Å². The van der Waals surface area contributed by atoms with E-state index in [1.54, 1.807) is 0 Å². The molecule has 0 saturated heterocycles. The molecule has 0 heterocycles. The maximum atomic E-state index is 11.8. The smallest absolute Gasteiger partial charge is 0.317 e. The molecule has 1 N–H and O–H groups in total. The number of Topliss-reactive ketones (excluding diaryl/α,β-unsaturated/α-hetero) is 1. The van der Waals surface area contributed by atoms with Gasteiger partial charge in [-0.3, -0.25) is 9.36 Å². The lowest BCUT2D eigenvalue weighted by atomic mass is 9.63. The molecule has 88 valence electrons. The Kier molecular flexibility index (Phi) is 4.97. The molecule has 4 nitrogen and oxygen atoms in total. The first kappa shape index (κ1) is 12.9. The van der Waals surface area contributed by atoms with Crippen LogP contribution in [0.4, 0.5) is 0 Å². The number of rotatable bonds is 7. The zero-order valence-electron chi connectivity index (χ0n) is 9.12. The highest BCUT2D eigenvalue weighted by molar-refractivity contribution is 7.32. The van der Waals surface area contributed by atoms with Crippen LogP contribution in [-0.2, 0) is 13.9 Å². The van der Waals surface area contributed by atoms with E-state index >= 15 is 0 Å². The van der Waals surface area contributed by atoms with Crippen LogP contribution in [0.1, 0.15) is 45.4 Å². The molecule has 1 unspecified atom stereocenters. The van der Waals surface area contributed by atoms with Gasteiger partial charge in [-0.1, -0.05) is 26.2 Å². The van der Waals surface area contributed by atoms with Crippen LogP contribution in [0.3, 0.4) is 0 Å². The fourth-order valence-corrected chi connectivity index (χ4v) is 2.32. The molecule has 1 rings (SSSR count). The third kappa shape index (κ3) is 3.40. The average molecular weight is 234 g/mol. The Balaban J connectivity index is 2.42. The first-order valence-corrected chi connectivity index (χ1v) is 6.76. The summed E-state index contributed by atoms with van der Waals surface area (Å²) in [5, 5.41) is 0. The van der Waals surface area contributed by atoms with Crippen molar-refractivity contribution < 1.29 is 18.8 Å². The number of hydrogen-bond acceptors (Lipinski definition) is 3. The minimum atomic E-state index is -2.96. The van der Waals surface area contributed by atoms with Crippen molar-refractivity contribution in [2.45, 2.75) is 45.4 Å². The van der Waals surface area contributed by atoms with E-state index in [4.69, 9.17) is 4.89 Å². The molecule has 0 amide bonds. The van der Waals surface area contributed by atoms with Gasteiger partial charge in [-0.25, -0.2) is 0 Å². The molecular weight excluding hydrogens is 215 g/mol. The van der Waals surface area contributed by atoms with Crippen molar-refractivity contribution in [3.63, 3.8) is 0 Å². The van der Waals surface area contributed by atoms with E-state index in [0.717, 1.165) is 38.5 Å². The van der Waals surface area contributed by atoms with Crippen molar-refractivity contribution in [3.05, 3.63) is 0 Å². The van der Waals surface area contributed by atoms with Gasteiger partial charge in [-0.05, 0) is 19.3 Å². The second-order valence-electron chi connectivity index (χ2n) is 4.22. The first-order chi connectivity index (χ1) is 7.10. The molecule has 0 aromatic carbocycles. The van der Waals surface area contributed by atoms with Crippen LogP contribution in [0.25, 0.3) is 0 Å². The minimum absolute atomic E-state index is 0.00889. The van der Waals surface area contributed by atoms with Gasteiger partial charge in [0, 0.05) is 5.41 Å². The van der Waals surface area contributed by atoms with Crippen LogP contribution in [-0.4, -0.2) is 17.3 Å². The van der Waals surface area contributed by atoms with Gasteiger partial charge in [-0.15, -0.1) is 0 Å². The van der Waals surface area contributed by atoms with Crippen molar-refractivity contribution in [1.29, 1.82) is 0 Å². The maximum Gasteiger partial charge on any atom is 0.317 e. The van der Waals surface area contributed by atoms with Crippen LogP contribution in [0.2, 0.25) is 0 Å². The van der Waals surface area contributed by atoms with Crippen molar-refractivity contribution >= 4 is 14.0 Å². The number of carbonyl (C=O) groups is 1. The normalized spacial score (nSPS) is 20.7. The quantitative estimate of drug-likeness (QED) is 0.686. The van der Waals surface area contributed by atoms with Crippen molar-refractivity contribution in [3.8, 4) is 0 Å². The van der Waals surface area contributed by atoms with E-state index in [-0.39, 0.29) is 17.8 Å². The molecule has 1 aliphatic rings. The monoisotopic (exact) mass is 234 g/mol. The summed E-state index contributed by atoms with van der Waals surface area (Å²) in [4.78, 5) is 20.3. The van der Waals surface area contributed by atoms with E-state index in [9.17, 15) is 9.36 Å². The zero-order chi connectivity index (χ0) is 11.3. The van der Waals surface area contributed by atoms with Crippen molar-refractivity contribution in [1.82, 2.24) is 0 Å². The van der Waals surface area contributed by atoms with Crippen LogP contribution in [0.15, 0.2) is 0 Å². The number of unbranched alkanes of at least 4 members (excludes halogenated alkanes) is 1. The van der Waals surface area contributed by atoms with Gasteiger partial charge in [0.1, 0.15) is 6.61 Å². The van der Waals surface area contributed by atoms with Gasteiger partial charge in [0.05, 0.1) is 0 Å². The highest BCUT2D eigenvalue weighted by atomic mass is 31.1. The predicted molar refractivity (Wildman–Crippen MR) is 58.0 cm³/mol. The Hall–Kier alpha value is -0.180. The molecule has 0 radical (unpaired) electrons. The molecule has 0 bridgehead atoms. The summed E-state index contributed by atoms with van der Waals surface area (Å²) in [5.41, 5.74) is -0.229.